The molecule has 2 unspecified atom stereocenters. The quantitative estimate of drug-likeness (QED) is 0.373. The van der Waals surface area contributed by atoms with E-state index >= 15 is 0 Å². The third kappa shape index (κ3) is 7.68. The van der Waals surface area contributed by atoms with Crippen molar-refractivity contribution in [2.24, 2.45) is 0 Å². The summed E-state index contributed by atoms with van der Waals surface area (Å²) in [5, 5.41) is 0. The molecule has 17 heavy (non-hydrogen) atoms. The molecule has 0 aliphatic carbocycles. The molecule has 100 valence electrons. The first-order valence-electron chi connectivity index (χ1n) is 6.41. The zero-order valence-electron chi connectivity index (χ0n) is 10.3. The van der Waals surface area contributed by atoms with E-state index < -0.39 is 0 Å². The number of epoxide rings is 2. The zero-order valence-corrected chi connectivity index (χ0v) is 10.3. The molecule has 5 heteroatoms. The number of ether oxygens (including phenoxy) is 5. The molecule has 0 aromatic rings. The summed E-state index contributed by atoms with van der Waals surface area (Å²) in [5.74, 6) is 0. The van der Waals surface area contributed by atoms with Gasteiger partial charge >= 0.3 is 0 Å². The SMILES string of the molecule is C(COCCC1CO1)OCCOCCC1CO1. The summed E-state index contributed by atoms with van der Waals surface area (Å²) in [5.41, 5.74) is 0. The lowest BCUT2D eigenvalue weighted by Crippen LogP contribution is -2.11. The molecule has 0 aromatic carbocycles. The Labute approximate surface area is 102 Å². The van der Waals surface area contributed by atoms with Crippen LogP contribution in [-0.2, 0) is 23.7 Å². The largest absolute Gasteiger partial charge is 0.379 e. The van der Waals surface area contributed by atoms with E-state index in [0.717, 1.165) is 39.3 Å². The van der Waals surface area contributed by atoms with Crippen molar-refractivity contribution in [2.75, 3.05) is 52.9 Å². The third-order valence-electron chi connectivity index (χ3n) is 2.72. The van der Waals surface area contributed by atoms with Gasteiger partial charge in [0, 0.05) is 13.2 Å². The minimum absolute atomic E-state index is 0.458. The van der Waals surface area contributed by atoms with Crippen molar-refractivity contribution in [1.82, 2.24) is 0 Å². The zero-order chi connectivity index (χ0) is 11.8. The topological polar surface area (TPSA) is 52.8 Å². The molecular formula is C12H22O5. The number of rotatable bonds is 12. The maximum atomic E-state index is 5.39. The summed E-state index contributed by atoms with van der Waals surface area (Å²) in [6, 6.07) is 0. The van der Waals surface area contributed by atoms with Crippen LogP contribution in [0.4, 0.5) is 0 Å². The maximum Gasteiger partial charge on any atom is 0.0831 e. The normalized spacial score (nSPS) is 26.1. The van der Waals surface area contributed by atoms with Gasteiger partial charge in [-0.05, 0) is 12.8 Å². The highest BCUT2D eigenvalue weighted by Crippen LogP contribution is 2.13. The fourth-order valence-electron chi connectivity index (χ4n) is 1.44. The van der Waals surface area contributed by atoms with Crippen molar-refractivity contribution in [3.05, 3.63) is 0 Å². The predicted octanol–water partition coefficient (Wildman–Crippen LogP) is 0.614. The molecule has 2 aliphatic rings. The van der Waals surface area contributed by atoms with Crippen molar-refractivity contribution in [3.8, 4) is 0 Å². The Morgan fingerprint density at radius 1 is 0.647 bits per heavy atom. The van der Waals surface area contributed by atoms with Gasteiger partial charge in [0.15, 0.2) is 0 Å². The van der Waals surface area contributed by atoms with E-state index in [1.54, 1.807) is 0 Å². The van der Waals surface area contributed by atoms with E-state index in [0.29, 0.717) is 38.6 Å². The number of hydrogen-bond acceptors (Lipinski definition) is 5. The second kappa shape index (κ2) is 8.00. The van der Waals surface area contributed by atoms with Crippen LogP contribution in [-0.4, -0.2) is 65.1 Å². The van der Waals surface area contributed by atoms with E-state index in [1.807, 2.05) is 0 Å². The molecule has 5 nitrogen and oxygen atoms in total. The van der Waals surface area contributed by atoms with Gasteiger partial charge in [0.05, 0.1) is 51.8 Å². The van der Waals surface area contributed by atoms with Crippen LogP contribution in [0.2, 0.25) is 0 Å². The lowest BCUT2D eigenvalue weighted by molar-refractivity contribution is 0.0122. The molecule has 0 N–H and O–H groups in total. The van der Waals surface area contributed by atoms with Gasteiger partial charge in [0.25, 0.3) is 0 Å². The van der Waals surface area contributed by atoms with Crippen molar-refractivity contribution in [1.29, 1.82) is 0 Å². The summed E-state index contributed by atoms with van der Waals surface area (Å²) in [6.45, 7) is 5.94. The molecule has 2 heterocycles. The van der Waals surface area contributed by atoms with E-state index in [4.69, 9.17) is 23.7 Å². The molecule has 0 aromatic heterocycles. The molecular weight excluding hydrogens is 224 g/mol. The van der Waals surface area contributed by atoms with E-state index in [-0.39, 0.29) is 0 Å². The lowest BCUT2D eigenvalue weighted by atomic mass is 10.3. The standard InChI is InChI=1S/C12H22O5/c1(11-9-16-11)3-13-5-7-15-8-6-14-4-2-12-10-17-12/h11-12H,1-10H2. The highest BCUT2D eigenvalue weighted by atomic mass is 16.6. The van der Waals surface area contributed by atoms with E-state index in [2.05, 4.69) is 0 Å². The van der Waals surface area contributed by atoms with Crippen molar-refractivity contribution < 1.29 is 23.7 Å². The first kappa shape index (κ1) is 13.2. The van der Waals surface area contributed by atoms with Gasteiger partial charge in [-0.3, -0.25) is 0 Å². The molecule has 2 rings (SSSR count). The van der Waals surface area contributed by atoms with Crippen LogP contribution in [0.5, 0.6) is 0 Å². The second-order valence-electron chi connectivity index (χ2n) is 4.33. The van der Waals surface area contributed by atoms with Gasteiger partial charge < -0.3 is 23.7 Å². The Balaban J connectivity index is 1.20. The Hall–Kier alpha value is -0.200. The van der Waals surface area contributed by atoms with E-state index in [1.165, 1.54) is 0 Å². The average Bonchev–Trinajstić information content (AvgIpc) is 3.19. The van der Waals surface area contributed by atoms with Crippen LogP contribution in [0.25, 0.3) is 0 Å². The second-order valence-corrected chi connectivity index (χ2v) is 4.33. The smallest absolute Gasteiger partial charge is 0.0831 e. The summed E-state index contributed by atoms with van der Waals surface area (Å²) in [6.07, 6.45) is 2.93. The highest BCUT2D eigenvalue weighted by Gasteiger charge is 2.21. The monoisotopic (exact) mass is 246 g/mol. The summed E-state index contributed by atoms with van der Waals surface area (Å²) >= 11 is 0. The Morgan fingerprint density at radius 2 is 1.00 bits per heavy atom. The molecule has 0 saturated carbocycles. The molecule has 2 aliphatic heterocycles. The molecule has 0 radical (unpaired) electrons. The Bertz CT molecular complexity index is 171. The summed E-state index contributed by atoms with van der Waals surface area (Å²) in [7, 11) is 0. The first-order valence-corrected chi connectivity index (χ1v) is 6.41. The predicted molar refractivity (Wildman–Crippen MR) is 61.2 cm³/mol. The van der Waals surface area contributed by atoms with E-state index in [9.17, 15) is 0 Å². The minimum atomic E-state index is 0.458. The molecule has 2 fully saturated rings. The van der Waals surface area contributed by atoms with Gasteiger partial charge in [0.2, 0.25) is 0 Å². The number of hydrogen-bond donors (Lipinski definition) is 0. The fourth-order valence-corrected chi connectivity index (χ4v) is 1.44. The van der Waals surface area contributed by atoms with Crippen LogP contribution >= 0.6 is 0 Å². The molecule has 0 spiro atoms. The van der Waals surface area contributed by atoms with Gasteiger partial charge in [0.1, 0.15) is 0 Å². The molecule has 0 bridgehead atoms. The highest BCUT2D eigenvalue weighted by molar-refractivity contribution is 4.68. The molecule has 2 saturated heterocycles. The Kier molecular flexibility index (Phi) is 6.23. The first-order chi connectivity index (χ1) is 8.45. The lowest BCUT2D eigenvalue weighted by Gasteiger charge is -2.05. The Morgan fingerprint density at radius 3 is 1.35 bits per heavy atom. The van der Waals surface area contributed by atoms with Gasteiger partial charge in [-0.25, -0.2) is 0 Å². The van der Waals surface area contributed by atoms with Gasteiger partial charge in [-0.15, -0.1) is 0 Å². The summed E-state index contributed by atoms with van der Waals surface area (Å²) < 4.78 is 26.3. The van der Waals surface area contributed by atoms with Crippen LogP contribution in [0.1, 0.15) is 12.8 Å². The van der Waals surface area contributed by atoms with Crippen LogP contribution < -0.4 is 0 Å². The fraction of sp³-hybridized carbons (Fsp3) is 1.00. The van der Waals surface area contributed by atoms with Gasteiger partial charge in [-0.1, -0.05) is 0 Å². The molecule has 2 atom stereocenters. The van der Waals surface area contributed by atoms with Crippen LogP contribution in [0.3, 0.4) is 0 Å². The van der Waals surface area contributed by atoms with Crippen LogP contribution in [0, 0.1) is 0 Å². The average molecular weight is 246 g/mol. The maximum absolute atomic E-state index is 5.39. The minimum Gasteiger partial charge on any atom is -0.379 e. The van der Waals surface area contributed by atoms with Crippen molar-refractivity contribution in [2.45, 2.75) is 25.0 Å². The van der Waals surface area contributed by atoms with Gasteiger partial charge in [-0.2, -0.15) is 0 Å². The third-order valence-corrected chi connectivity index (χ3v) is 2.72. The summed E-state index contributed by atoms with van der Waals surface area (Å²) in [4.78, 5) is 0. The van der Waals surface area contributed by atoms with Crippen molar-refractivity contribution >= 4 is 0 Å². The molecule has 0 amide bonds. The van der Waals surface area contributed by atoms with Crippen molar-refractivity contribution in [3.63, 3.8) is 0 Å². The van der Waals surface area contributed by atoms with Crippen LogP contribution in [0.15, 0.2) is 0 Å².